The lowest BCUT2D eigenvalue weighted by Crippen LogP contribution is -2.20. The van der Waals surface area contributed by atoms with Crippen molar-refractivity contribution in [1.82, 2.24) is 4.98 Å². The van der Waals surface area contributed by atoms with Crippen molar-refractivity contribution in [1.29, 1.82) is 0 Å². The summed E-state index contributed by atoms with van der Waals surface area (Å²) in [4.78, 5) is 5.92. The molecule has 0 saturated heterocycles. The number of hydrogen-bond acceptors (Lipinski definition) is 4. The molecule has 1 aromatic carbocycles. The zero-order valence-corrected chi connectivity index (χ0v) is 13.1. The van der Waals surface area contributed by atoms with Crippen LogP contribution in [0.1, 0.15) is 5.56 Å². The van der Waals surface area contributed by atoms with Gasteiger partial charge in [0.1, 0.15) is 16.5 Å². The van der Waals surface area contributed by atoms with Gasteiger partial charge in [0, 0.05) is 31.1 Å². The number of halogens is 2. The van der Waals surface area contributed by atoms with Gasteiger partial charge in [-0.25, -0.2) is 17.8 Å². The van der Waals surface area contributed by atoms with Crippen molar-refractivity contribution in [3.05, 3.63) is 52.9 Å². The Morgan fingerprint density at radius 1 is 1.33 bits per heavy atom. The van der Waals surface area contributed by atoms with E-state index in [9.17, 15) is 12.8 Å². The van der Waals surface area contributed by atoms with Gasteiger partial charge in [-0.05, 0) is 29.8 Å². The minimum absolute atomic E-state index is 0.144. The summed E-state index contributed by atoms with van der Waals surface area (Å²) in [5.74, 6) is -0.0820. The molecule has 0 saturated carbocycles. The first-order valence-electron chi connectivity index (χ1n) is 6.09. The summed E-state index contributed by atoms with van der Waals surface area (Å²) in [6, 6.07) is 7.17. The Labute approximate surface area is 128 Å². The third-order valence-corrected chi connectivity index (χ3v) is 4.40. The summed E-state index contributed by atoms with van der Waals surface area (Å²) in [6.45, 7) is 0.318. The van der Waals surface area contributed by atoms with Crippen molar-refractivity contribution in [2.45, 2.75) is 11.4 Å². The molecule has 0 N–H and O–H groups in total. The highest BCUT2D eigenvalue weighted by atomic mass is 35.5. The maximum Gasteiger partial charge on any atom is 0.179 e. The van der Waals surface area contributed by atoms with E-state index in [1.54, 1.807) is 24.1 Å². The van der Waals surface area contributed by atoms with E-state index >= 15 is 0 Å². The van der Waals surface area contributed by atoms with Crippen LogP contribution in [0.3, 0.4) is 0 Å². The van der Waals surface area contributed by atoms with Gasteiger partial charge in [-0.2, -0.15) is 0 Å². The van der Waals surface area contributed by atoms with E-state index in [2.05, 4.69) is 4.98 Å². The fourth-order valence-corrected chi connectivity index (χ4v) is 3.03. The lowest BCUT2D eigenvalue weighted by molar-refractivity contribution is 0.601. The molecule has 112 valence electrons. The van der Waals surface area contributed by atoms with Crippen LogP contribution in [0.15, 0.2) is 41.4 Å². The maximum atomic E-state index is 13.0. The van der Waals surface area contributed by atoms with Crippen LogP contribution in [0.4, 0.5) is 10.2 Å². The number of hydrogen-bond donors (Lipinski definition) is 0. The van der Waals surface area contributed by atoms with Gasteiger partial charge in [0.05, 0.1) is 0 Å². The van der Waals surface area contributed by atoms with Crippen molar-refractivity contribution in [3.63, 3.8) is 0 Å². The van der Waals surface area contributed by atoms with E-state index in [4.69, 9.17) is 11.6 Å². The van der Waals surface area contributed by atoms with Crippen LogP contribution in [-0.4, -0.2) is 26.7 Å². The van der Waals surface area contributed by atoms with Gasteiger partial charge < -0.3 is 4.90 Å². The normalized spacial score (nSPS) is 11.4. The molecule has 0 unspecified atom stereocenters. The lowest BCUT2D eigenvalue weighted by atomic mass is 10.2. The monoisotopic (exact) mass is 328 g/mol. The van der Waals surface area contributed by atoms with Crippen LogP contribution in [0.5, 0.6) is 0 Å². The van der Waals surface area contributed by atoms with E-state index in [1.165, 1.54) is 24.4 Å². The number of pyridine rings is 1. The highest BCUT2D eigenvalue weighted by Crippen LogP contribution is 2.25. The molecule has 0 aliphatic carbocycles. The standard InChI is InChI=1S/C14H14ClFN2O2S/c1-18(9-10-5-6-11(16)8-12(10)15)14-13(21(2,19)20)4-3-7-17-14/h3-8H,9H2,1-2H3. The molecule has 0 bridgehead atoms. The summed E-state index contributed by atoms with van der Waals surface area (Å²) in [5, 5.41) is 0.290. The Hall–Kier alpha value is -1.66. The summed E-state index contributed by atoms with van der Waals surface area (Å²) < 4.78 is 36.6. The molecule has 21 heavy (non-hydrogen) atoms. The molecule has 2 aromatic rings. The fourth-order valence-electron chi connectivity index (χ4n) is 1.94. The second-order valence-electron chi connectivity index (χ2n) is 4.69. The van der Waals surface area contributed by atoms with Crippen molar-refractivity contribution >= 4 is 27.3 Å². The van der Waals surface area contributed by atoms with E-state index in [1.807, 2.05) is 0 Å². The van der Waals surface area contributed by atoms with E-state index in [-0.39, 0.29) is 4.90 Å². The van der Waals surface area contributed by atoms with Gasteiger partial charge >= 0.3 is 0 Å². The Morgan fingerprint density at radius 2 is 2.05 bits per heavy atom. The second-order valence-corrected chi connectivity index (χ2v) is 7.08. The number of rotatable bonds is 4. The highest BCUT2D eigenvalue weighted by Gasteiger charge is 2.17. The van der Waals surface area contributed by atoms with Gasteiger partial charge in [0.25, 0.3) is 0 Å². The first-order valence-corrected chi connectivity index (χ1v) is 8.36. The first kappa shape index (κ1) is 15.7. The van der Waals surface area contributed by atoms with Crippen molar-refractivity contribution < 1.29 is 12.8 Å². The molecule has 0 aliphatic rings. The van der Waals surface area contributed by atoms with Crippen LogP contribution in [0.25, 0.3) is 0 Å². The van der Waals surface area contributed by atoms with E-state index < -0.39 is 15.7 Å². The average Bonchev–Trinajstić information content (AvgIpc) is 2.41. The number of sulfone groups is 1. The molecule has 0 spiro atoms. The first-order chi connectivity index (χ1) is 9.79. The summed E-state index contributed by atoms with van der Waals surface area (Å²) in [6.07, 6.45) is 2.65. The number of benzene rings is 1. The smallest absolute Gasteiger partial charge is 0.179 e. The predicted molar refractivity (Wildman–Crippen MR) is 80.9 cm³/mol. The SMILES string of the molecule is CN(Cc1ccc(F)cc1Cl)c1ncccc1S(C)(=O)=O. The molecule has 7 heteroatoms. The molecular weight excluding hydrogens is 315 g/mol. The third kappa shape index (κ3) is 3.71. The second kappa shape index (κ2) is 5.99. The van der Waals surface area contributed by atoms with Gasteiger partial charge in [0.15, 0.2) is 9.84 Å². The van der Waals surface area contributed by atoms with Gasteiger partial charge in [0.2, 0.25) is 0 Å². The van der Waals surface area contributed by atoms with Crippen LogP contribution >= 0.6 is 11.6 Å². The quantitative estimate of drug-likeness (QED) is 0.866. The maximum absolute atomic E-state index is 13.0. The number of anilines is 1. The molecule has 0 fully saturated rings. The van der Waals surface area contributed by atoms with E-state index in [0.717, 1.165) is 6.26 Å². The average molecular weight is 329 g/mol. The Kier molecular flexibility index (Phi) is 4.49. The van der Waals surface area contributed by atoms with Crippen molar-refractivity contribution in [2.75, 3.05) is 18.2 Å². The van der Waals surface area contributed by atoms with E-state index in [0.29, 0.717) is 22.9 Å². The molecule has 0 aliphatic heterocycles. The largest absolute Gasteiger partial charge is 0.354 e. The molecular formula is C14H14ClFN2O2S. The predicted octanol–water partition coefficient (Wildman–Crippen LogP) is 2.91. The molecule has 0 amide bonds. The highest BCUT2D eigenvalue weighted by molar-refractivity contribution is 7.90. The van der Waals surface area contributed by atoms with Crippen LogP contribution < -0.4 is 4.90 Å². The Balaban J connectivity index is 2.35. The van der Waals surface area contributed by atoms with Crippen LogP contribution in [0, 0.1) is 5.82 Å². The lowest BCUT2D eigenvalue weighted by Gasteiger charge is -2.21. The topological polar surface area (TPSA) is 50.3 Å². The molecule has 2 rings (SSSR count). The zero-order valence-electron chi connectivity index (χ0n) is 11.5. The summed E-state index contributed by atoms with van der Waals surface area (Å²) in [7, 11) is -1.68. The van der Waals surface area contributed by atoms with Gasteiger partial charge in [-0.1, -0.05) is 17.7 Å². The minimum atomic E-state index is -3.38. The Morgan fingerprint density at radius 3 is 2.67 bits per heavy atom. The molecule has 1 heterocycles. The van der Waals surface area contributed by atoms with Crippen molar-refractivity contribution in [2.24, 2.45) is 0 Å². The third-order valence-electron chi connectivity index (χ3n) is 2.93. The Bertz CT molecular complexity index is 765. The van der Waals surface area contributed by atoms with Crippen LogP contribution in [0.2, 0.25) is 5.02 Å². The van der Waals surface area contributed by atoms with Crippen LogP contribution in [-0.2, 0) is 16.4 Å². The van der Waals surface area contributed by atoms with Gasteiger partial charge in [-0.15, -0.1) is 0 Å². The molecule has 0 atom stereocenters. The zero-order chi connectivity index (χ0) is 15.6. The fraction of sp³-hybridized carbons (Fsp3) is 0.214. The minimum Gasteiger partial charge on any atom is -0.354 e. The number of aromatic nitrogens is 1. The number of nitrogens with zero attached hydrogens (tertiary/aromatic N) is 2. The summed E-state index contributed by atoms with van der Waals surface area (Å²) >= 11 is 5.99. The summed E-state index contributed by atoms with van der Waals surface area (Å²) in [5.41, 5.74) is 0.686. The molecule has 1 aromatic heterocycles. The molecule has 4 nitrogen and oxygen atoms in total. The molecule has 0 radical (unpaired) electrons. The van der Waals surface area contributed by atoms with Gasteiger partial charge in [-0.3, -0.25) is 0 Å². The van der Waals surface area contributed by atoms with Crippen molar-refractivity contribution in [3.8, 4) is 0 Å².